The molecule has 3 nitrogen and oxygen atoms in total. The lowest BCUT2D eigenvalue weighted by Crippen LogP contribution is -2.38. The molecule has 1 aliphatic heterocycles. The van der Waals surface area contributed by atoms with E-state index in [4.69, 9.17) is 4.74 Å². The zero-order chi connectivity index (χ0) is 13.2. The van der Waals surface area contributed by atoms with Crippen LogP contribution in [0, 0.1) is 6.92 Å². The van der Waals surface area contributed by atoms with E-state index >= 15 is 0 Å². The quantitative estimate of drug-likeness (QED) is 0.814. The van der Waals surface area contributed by atoms with Crippen LogP contribution in [0.3, 0.4) is 0 Å². The Bertz CT molecular complexity index is 446. The van der Waals surface area contributed by atoms with Gasteiger partial charge in [0, 0.05) is 6.04 Å². The van der Waals surface area contributed by atoms with Gasteiger partial charge in [0.05, 0.1) is 6.54 Å². The van der Waals surface area contributed by atoms with E-state index in [-0.39, 0.29) is 6.09 Å². The highest BCUT2D eigenvalue weighted by Crippen LogP contribution is 2.35. The molecular formula is C16H21NO2. The van der Waals surface area contributed by atoms with E-state index in [9.17, 15) is 4.79 Å². The minimum atomic E-state index is -0.112. The van der Waals surface area contributed by atoms with Crippen molar-refractivity contribution in [1.29, 1.82) is 0 Å². The summed E-state index contributed by atoms with van der Waals surface area (Å²) in [6, 6.07) is 9.30. The lowest BCUT2D eigenvalue weighted by molar-refractivity contribution is 0.137. The third-order valence-corrected chi connectivity index (χ3v) is 4.48. The van der Waals surface area contributed by atoms with E-state index in [1.54, 1.807) is 0 Å². The van der Waals surface area contributed by atoms with Crippen LogP contribution in [-0.2, 0) is 4.74 Å². The van der Waals surface area contributed by atoms with E-state index in [2.05, 4.69) is 31.2 Å². The maximum atomic E-state index is 11.6. The van der Waals surface area contributed by atoms with Crippen molar-refractivity contribution in [1.82, 2.24) is 4.90 Å². The van der Waals surface area contributed by atoms with Crippen molar-refractivity contribution in [2.75, 3.05) is 13.2 Å². The Kier molecular flexibility index (Phi) is 3.45. The summed E-state index contributed by atoms with van der Waals surface area (Å²) >= 11 is 0. The van der Waals surface area contributed by atoms with Crippen LogP contribution in [0.4, 0.5) is 4.79 Å². The smallest absolute Gasteiger partial charge is 0.410 e. The number of carbonyl (C=O) groups is 1. The van der Waals surface area contributed by atoms with E-state index in [1.165, 1.54) is 24.0 Å². The summed E-state index contributed by atoms with van der Waals surface area (Å²) in [6.07, 6.45) is 4.45. The zero-order valence-electron chi connectivity index (χ0n) is 11.5. The average Bonchev–Trinajstić information content (AvgIpc) is 2.86. The fraction of sp³-hybridized carbons (Fsp3) is 0.562. The monoisotopic (exact) mass is 259 g/mol. The van der Waals surface area contributed by atoms with Crippen molar-refractivity contribution in [3.05, 3.63) is 35.4 Å². The third kappa shape index (κ3) is 2.60. The molecule has 2 fully saturated rings. The maximum Gasteiger partial charge on any atom is 0.410 e. The number of ether oxygens (including phenoxy) is 1. The predicted molar refractivity (Wildman–Crippen MR) is 74.2 cm³/mol. The summed E-state index contributed by atoms with van der Waals surface area (Å²) in [5, 5.41) is 0. The Hall–Kier alpha value is -1.51. The lowest BCUT2D eigenvalue weighted by atomic mass is 9.81. The fourth-order valence-electron chi connectivity index (χ4n) is 3.30. The summed E-state index contributed by atoms with van der Waals surface area (Å²) in [5.74, 6) is 0.662. The standard InChI is InChI=1S/C16H21NO2/c1-12-2-4-13(5-3-12)14-6-8-15(9-7-14)17-10-11-19-16(17)18/h2-5,14-15H,6-11H2,1H3. The van der Waals surface area contributed by atoms with Crippen LogP contribution in [0.25, 0.3) is 0 Å². The number of rotatable bonds is 2. The number of benzene rings is 1. The molecule has 2 aliphatic rings. The van der Waals surface area contributed by atoms with Gasteiger partial charge >= 0.3 is 6.09 Å². The molecule has 0 aromatic heterocycles. The normalized spacial score (nSPS) is 27.4. The highest BCUT2D eigenvalue weighted by molar-refractivity contribution is 5.69. The topological polar surface area (TPSA) is 29.5 Å². The molecular weight excluding hydrogens is 238 g/mol. The lowest BCUT2D eigenvalue weighted by Gasteiger charge is -2.33. The number of amides is 1. The molecule has 0 N–H and O–H groups in total. The van der Waals surface area contributed by atoms with Crippen molar-refractivity contribution in [2.45, 2.75) is 44.6 Å². The largest absolute Gasteiger partial charge is 0.448 e. The summed E-state index contributed by atoms with van der Waals surface area (Å²) in [6.45, 7) is 3.47. The van der Waals surface area contributed by atoms with Crippen molar-refractivity contribution in [3.63, 3.8) is 0 Å². The minimum absolute atomic E-state index is 0.112. The van der Waals surface area contributed by atoms with Gasteiger partial charge in [-0.25, -0.2) is 4.79 Å². The van der Waals surface area contributed by atoms with Gasteiger partial charge in [-0.3, -0.25) is 0 Å². The number of hydrogen-bond acceptors (Lipinski definition) is 2. The average molecular weight is 259 g/mol. The molecule has 0 bridgehead atoms. The van der Waals surface area contributed by atoms with Crippen LogP contribution in [0.1, 0.15) is 42.7 Å². The molecule has 3 heteroatoms. The molecule has 1 saturated carbocycles. The molecule has 0 spiro atoms. The van der Waals surface area contributed by atoms with Crippen LogP contribution < -0.4 is 0 Å². The Labute approximate surface area is 114 Å². The van der Waals surface area contributed by atoms with E-state index < -0.39 is 0 Å². The molecule has 1 saturated heterocycles. The Balaban J connectivity index is 1.60. The van der Waals surface area contributed by atoms with Gasteiger partial charge < -0.3 is 9.64 Å². The first-order chi connectivity index (χ1) is 9.24. The number of cyclic esters (lactones) is 1. The van der Waals surface area contributed by atoms with Crippen LogP contribution in [-0.4, -0.2) is 30.2 Å². The zero-order valence-corrected chi connectivity index (χ0v) is 11.5. The molecule has 1 aliphatic carbocycles. The third-order valence-electron chi connectivity index (χ3n) is 4.48. The summed E-state index contributed by atoms with van der Waals surface area (Å²) < 4.78 is 5.03. The molecule has 0 atom stereocenters. The van der Waals surface area contributed by atoms with Gasteiger partial charge in [-0.05, 0) is 44.1 Å². The van der Waals surface area contributed by atoms with Gasteiger partial charge in [0.1, 0.15) is 6.61 Å². The minimum Gasteiger partial charge on any atom is -0.448 e. The molecule has 1 aromatic rings. The van der Waals surface area contributed by atoms with Crippen molar-refractivity contribution in [2.24, 2.45) is 0 Å². The Morgan fingerprint density at radius 3 is 2.37 bits per heavy atom. The van der Waals surface area contributed by atoms with Crippen LogP contribution in [0.15, 0.2) is 24.3 Å². The van der Waals surface area contributed by atoms with Gasteiger partial charge in [-0.2, -0.15) is 0 Å². The first-order valence-corrected chi connectivity index (χ1v) is 7.24. The molecule has 0 radical (unpaired) electrons. The number of aryl methyl sites for hydroxylation is 1. The second-order valence-electron chi connectivity index (χ2n) is 5.72. The van der Waals surface area contributed by atoms with Crippen LogP contribution in [0.5, 0.6) is 0 Å². The van der Waals surface area contributed by atoms with Gasteiger partial charge in [0.25, 0.3) is 0 Å². The maximum absolute atomic E-state index is 11.6. The van der Waals surface area contributed by atoms with Crippen molar-refractivity contribution < 1.29 is 9.53 Å². The Morgan fingerprint density at radius 2 is 1.79 bits per heavy atom. The first-order valence-electron chi connectivity index (χ1n) is 7.24. The molecule has 1 aromatic carbocycles. The Morgan fingerprint density at radius 1 is 1.11 bits per heavy atom. The molecule has 1 heterocycles. The van der Waals surface area contributed by atoms with E-state index in [0.29, 0.717) is 18.6 Å². The number of nitrogens with zero attached hydrogens (tertiary/aromatic N) is 1. The predicted octanol–water partition coefficient (Wildman–Crippen LogP) is 3.47. The molecule has 1 amide bonds. The van der Waals surface area contributed by atoms with Gasteiger partial charge in [-0.15, -0.1) is 0 Å². The van der Waals surface area contributed by atoms with Crippen molar-refractivity contribution in [3.8, 4) is 0 Å². The molecule has 0 unspecified atom stereocenters. The van der Waals surface area contributed by atoms with Gasteiger partial charge in [-0.1, -0.05) is 29.8 Å². The van der Waals surface area contributed by atoms with Crippen molar-refractivity contribution >= 4 is 6.09 Å². The highest BCUT2D eigenvalue weighted by atomic mass is 16.6. The van der Waals surface area contributed by atoms with Crippen LogP contribution in [0.2, 0.25) is 0 Å². The summed E-state index contributed by atoms with van der Waals surface area (Å²) in [4.78, 5) is 13.5. The first kappa shape index (κ1) is 12.5. The van der Waals surface area contributed by atoms with Gasteiger partial charge in [0.15, 0.2) is 0 Å². The molecule has 19 heavy (non-hydrogen) atoms. The SMILES string of the molecule is Cc1ccc(C2CCC(N3CCOC3=O)CC2)cc1. The highest BCUT2D eigenvalue weighted by Gasteiger charge is 2.32. The van der Waals surface area contributed by atoms with E-state index in [1.807, 2.05) is 4.90 Å². The fourth-order valence-corrected chi connectivity index (χ4v) is 3.30. The number of hydrogen-bond donors (Lipinski definition) is 0. The summed E-state index contributed by atoms with van der Waals surface area (Å²) in [5.41, 5.74) is 2.77. The number of carbonyl (C=O) groups excluding carboxylic acids is 1. The van der Waals surface area contributed by atoms with E-state index in [0.717, 1.165) is 19.4 Å². The second kappa shape index (κ2) is 5.24. The van der Waals surface area contributed by atoms with Crippen LogP contribution >= 0.6 is 0 Å². The second-order valence-corrected chi connectivity index (χ2v) is 5.72. The molecule has 3 rings (SSSR count). The van der Waals surface area contributed by atoms with Gasteiger partial charge in [0.2, 0.25) is 0 Å². The molecule has 102 valence electrons. The summed E-state index contributed by atoms with van der Waals surface area (Å²) in [7, 11) is 0.